The number of ether oxygens (including phenoxy) is 1. The molecular weight excluding hydrogens is 412 g/mol. The number of aliphatic imine (C=N–C) groups is 1. The number of guanidine groups is 1. The van der Waals surface area contributed by atoms with Crippen molar-refractivity contribution < 1.29 is 14.2 Å². The van der Waals surface area contributed by atoms with E-state index in [-0.39, 0.29) is 29.7 Å². The van der Waals surface area contributed by atoms with Crippen molar-refractivity contribution in [3.8, 4) is 5.75 Å². The van der Waals surface area contributed by atoms with Gasteiger partial charge in [0.1, 0.15) is 0 Å². The maximum absolute atomic E-state index is 13.3. The van der Waals surface area contributed by atoms with Crippen LogP contribution in [0.1, 0.15) is 18.9 Å². The van der Waals surface area contributed by atoms with Crippen molar-refractivity contribution >= 4 is 29.9 Å². The first-order valence-corrected chi connectivity index (χ1v) is 7.64. The van der Waals surface area contributed by atoms with Crippen molar-refractivity contribution in [2.45, 2.75) is 19.9 Å². The lowest BCUT2D eigenvalue weighted by atomic mass is 10.1. The predicted molar refractivity (Wildman–Crippen MR) is 99.9 cm³/mol. The highest BCUT2D eigenvalue weighted by atomic mass is 127. The number of aromatic hydroxyl groups is 1. The molecule has 1 aromatic carbocycles. The lowest BCUT2D eigenvalue weighted by Gasteiger charge is -2.21. The number of nitrogens with one attached hydrogen (secondary N) is 1. The third kappa shape index (κ3) is 5.80. The van der Waals surface area contributed by atoms with Crippen molar-refractivity contribution in [3.05, 3.63) is 29.6 Å². The summed E-state index contributed by atoms with van der Waals surface area (Å²) < 4.78 is 18.8. The lowest BCUT2D eigenvalue weighted by Crippen LogP contribution is -2.39. The van der Waals surface area contributed by atoms with Gasteiger partial charge in [-0.25, -0.2) is 4.39 Å². The molecule has 1 aliphatic heterocycles. The molecular formula is C16H25FIN3O2. The summed E-state index contributed by atoms with van der Waals surface area (Å²) in [7, 11) is 1.75. The van der Waals surface area contributed by atoms with Gasteiger partial charge in [0, 0.05) is 39.2 Å². The molecule has 23 heavy (non-hydrogen) atoms. The molecule has 0 bridgehead atoms. The van der Waals surface area contributed by atoms with Gasteiger partial charge < -0.3 is 20.1 Å². The molecule has 1 fully saturated rings. The van der Waals surface area contributed by atoms with Crippen LogP contribution in [0.25, 0.3) is 0 Å². The van der Waals surface area contributed by atoms with Crippen molar-refractivity contribution in [1.29, 1.82) is 0 Å². The van der Waals surface area contributed by atoms with Crippen LogP contribution in [-0.2, 0) is 11.3 Å². The van der Waals surface area contributed by atoms with Gasteiger partial charge in [-0.15, -0.1) is 24.0 Å². The van der Waals surface area contributed by atoms with E-state index in [1.807, 2.05) is 6.92 Å². The number of hydrogen-bond donors (Lipinski definition) is 2. The average Bonchev–Trinajstić information content (AvgIpc) is 2.98. The van der Waals surface area contributed by atoms with Crippen LogP contribution < -0.4 is 5.32 Å². The Morgan fingerprint density at radius 3 is 2.96 bits per heavy atom. The average molecular weight is 437 g/mol. The summed E-state index contributed by atoms with van der Waals surface area (Å²) in [5.74, 6) is 0.413. The zero-order chi connectivity index (χ0) is 15.9. The largest absolute Gasteiger partial charge is 0.505 e. The number of halogens is 2. The van der Waals surface area contributed by atoms with Crippen molar-refractivity contribution in [2.75, 3.05) is 33.4 Å². The Kier molecular flexibility index (Phi) is 8.60. The maximum Gasteiger partial charge on any atom is 0.193 e. The van der Waals surface area contributed by atoms with Gasteiger partial charge in [0.05, 0.1) is 6.61 Å². The Hall–Kier alpha value is -1.09. The third-order valence-corrected chi connectivity index (χ3v) is 3.82. The molecule has 0 spiro atoms. The molecule has 7 heteroatoms. The molecule has 1 unspecified atom stereocenters. The lowest BCUT2D eigenvalue weighted by molar-refractivity contribution is 0.114. The molecule has 1 aliphatic rings. The molecule has 1 saturated heterocycles. The number of nitrogens with zero attached hydrogens (tertiary/aromatic N) is 2. The topological polar surface area (TPSA) is 57.1 Å². The Morgan fingerprint density at radius 2 is 2.30 bits per heavy atom. The van der Waals surface area contributed by atoms with E-state index in [1.165, 1.54) is 12.1 Å². The van der Waals surface area contributed by atoms with Gasteiger partial charge in [-0.1, -0.05) is 6.07 Å². The summed E-state index contributed by atoms with van der Waals surface area (Å²) in [6.07, 6.45) is 1.09. The molecule has 2 rings (SSSR count). The van der Waals surface area contributed by atoms with Crippen LogP contribution in [0.15, 0.2) is 23.2 Å². The quantitative estimate of drug-likeness (QED) is 0.423. The highest BCUT2D eigenvalue weighted by molar-refractivity contribution is 14.0. The van der Waals surface area contributed by atoms with E-state index in [0.29, 0.717) is 12.5 Å². The molecule has 1 heterocycles. The van der Waals surface area contributed by atoms with Gasteiger partial charge >= 0.3 is 0 Å². The fourth-order valence-electron chi connectivity index (χ4n) is 2.62. The van der Waals surface area contributed by atoms with Crippen LogP contribution in [0.5, 0.6) is 5.75 Å². The first-order valence-electron chi connectivity index (χ1n) is 7.64. The van der Waals surface area contributed by atoms with Crippen LogP contribution in [0.2, 0.25) is 0 Å². The van der Waals surface area contributed by atoms with Gasteiger partial charge in [-0.3, -0.25) is 4.99 Å². The van der Waals surface area contributed by atoms with Crippen molar-refractivity contribution in [1.82, 2.24) is 10.2 Å². The number of likely N-dealkylation sites (tertiary alicyclic amines) is 1. The van der Waals surface area contributed by atoms with E-state index in [0.717, 1.165) is 44.2 Å². The molecule has 0 aliphatic carbocycles. The fraction of sp³-hybridized carbons (Fsp3) is 0.562. The molecule has 1 atom stereocenters. The second-order valence-electron chi connectivity index (χ2n) is 5.45. The van der Waals surface area contributed by atoms with Crippen LogP contribution in [0, 0.1) is 11.7 Å². The van der Waals surface area contributed by atoms with Crippen molar-refractivity contribution in [2.24, 2.45) is 10.9 Å². The standard InChI is InChI=1S/C16H24FN3O2.HI/c1-3-22-11-13-6-7-20(10-13)16(18-2)19-9-12-4-5-15(21)14(17)8-12;/h4-5,8,13,21H,3,6-7,9-11H2,1-2H3,(H,18,19);1H. The highest BCUT2D eigenvalue weighted by Crippen LogP contribution is 2.18. The van der Waals surface area contributed by atoms with Crippen LogP contribution in [-0.4, -0.2) is 49.3 Å². The summed E-state index contributed by atoms with van der Waals surface area (Å²) in [4.78, 5) is 6.48. The number of rotatable bonds is 5. The highest BCUT2D eigenvalue weighted by Gasteiger charge is 2.24. The fourth-order valence-corrected chi connectivity index (χ4v) is 2.62. The van der Waals surface area contributed by atoms with Gasteiger partial charge in [0.2, 0.25) is 0 Å². The Balaban J connectivity index is 0.00000264. The zero-order valence-corrected chi connectivity index (χ0v) is 15.9. The van der Waals surface area contributed by atoms with Gasteiger partial charge in [-0.2, -0.15) is 0 Å². The Morgan fingerprint density at radius 1 is 1.52 bits per heavy atom. The van der Waals surface area contributed by atoms with E-state index in [9.17, 15) is 9.50 Å². The minimum atomic E-state index is -0.604. The van der Waals surface area contributed by atoms with Gasteiger partial charge in [0.15, 0.2) is 17.5 Å². The zero-order valence-electron chi connectivity index (χ0n) is 13.6. The number of phenols is 1. The second-order valence-corrected chi connectivity index (χ2v) is 5.45. The summed E-state index contributed by atoms with van der Waals surface area (Å²) in [5.41, 5.74) is 0.765. The first kappa shape index (κ1) is 20.0. The number of benzene rings is 1. The number of hydrogen-bond acceptors (Lipinski definition) is 3. The molecule has 0 saturated carbocycles. The van der Waals surface area contributed by atoms with Crippen LogP contribution >= 0.6 is 24.0 Å². The SMILES string of the molecule is CCOCC1CCN(C(=NC)NCc2ccc(O)c(F)c2)C1.I. The molecule has 2 N–H and O–H groups in total. The summed E-state index contributed by atoms with van der Waals surface area (Å²) in [6.45, 7) is 5.87. The normalized spacial score (nSPS) is 18.0. The first-order chi connectivity index (χ1) is 10.6. The minimum absolute atomic E-state index is 0. The van der Waals surface area contributed by atoms with Crippen molar-refractivity contribution in [3.63, 3.8) is 0 Å². The molecule has 0 aromatic heterocycles. The van der Waals surface area contributed by atoms with E-state index >= 15 is 0 Å². The summed E-state index contributed by atoms with van der Waals surface area (Å²) in [5, 5.41) is 12.4. The Bertz CT molecular complexity index is 528. The van der Waals surface area contributed by atoms with E-state index in [1.54, 1.807) is 13.1 Å². The van der Waals surface area contributed by atoms with Gasteiger partial charge in [-0.05, 0) is 31.0 Å². The Labute approximate surface area is 153 Å². The molecule has 5 nitrogen and oxygen atoms in total. The molecule has 0 radical (unpaired) electrons. The minimum Gasteiger partial charge on any atom is -0.505 e. The van der Waals surface area contributed by atoms with E-state index in [4.69, 9.17) is 4.74 Å². The maximum atomic E-state index is 13.3. The molecule has 130 valence electrons. The smallest absolute Gasteiger partial charge is 0.193 e. The van der Waals surface area contributed by atoms with Crippen LogP contribution in [0.4, 0.5) is 4.39 Å². The monoisotopic (exact) mass is 437 g/mol. The van der Waals surface area contributed by atoms with E-state index in [2.05, 4.69) is 15.2 Å². The molecule has 1 aromatic rings. The van der Waals surface area contributed by atoms with E-state index < -0.39 is 5.82 Å². The third-order valence-electron chi connectivity index (χ3n) is 3.82. The van der Waals surface area contributed by atoms with Crippen LogP contribution in [0.3, 0.4) is 0 Å². The summed E-state index contributed by atoms with van der Waals surface area (Å²) in [6, 6.07) is 4.39. The number of phenolic OH excluding ortho intramolecular Hbond substituents is 1. The molecule has 0 amide bonds. The van der Waals surface area contributed by atoms with Gasteiger partial charge in [0.25, 0.3) is 0 Å². The second kappa shape index (κ2) is 9.92. The summed E-state index contributed by atoms with van der Waals surface area (Å²) >= 11 is 0. The predicted octanol–water partition coefficient (Wildman–Crippen LogP) is 2.58.